The summed E-state index contributed by atoms with van der Waals surface area (Å²) in [7, 11) is -3.19. The fourth-order valence-electron chi connectivity index (χ4n) is 0.969. The van der Waals surface area contributed by atoms with Gasteiger partial charge in [-0.3, -0.25) is 4.57 Å². The summed E-state index contributed by atoms with van der Waals surface area (Å²) in [6, 6.07) is 0. The Morgan fingerprint density at radius 2 is 1.60 bits per heavy atom. The van der Waals surface area contributed by atoms with Gasteiger partial charge >= 0.3 is 7.60 Å². The lowest BCUT2D eigenvalue weighted by atomic mass is 10.5. The van der Waals surface area contributed by atoms with E-state index < -0.39 is 7.60 Å². The monoisotopic (exact) mass is 240 g/mol. The van der Waals surface area contributed by atoms with Gasteiger partial charge in [0.2, 0.25) is 0 Å². The van der Waals surface area contributed by atoms with Gasteiger partial charge in [0.25, 0.3) is 0 Å². The highest BCUT2D eigenvalue weighted by molar-refractivity contribution is 7.53. The highest BCUT2D eigenvalue weighted by Crippen LogP contribution is 2.50. The SMILES string of the molecule is CC(C)OP(=O)(COCCO)OC(C)C. The van der Waals surface area contributed by atoms with Gasteiger partial charge in [-0.05, 0) is 27.7 Å². The molecular formula is C9H21O5P. The zero-order valence-corrected chi connectivity index (χ0v) is 10.7. The molecule has 5 nitrogen and oxygen atoms in total. The third-order valence-corrected chi connectivity index (χ3v) is 3.21. The molecule has 0 aliphatic rings. The lowest BCUT2D eigenvalue weighted by Crippen LogP contribution is -2.12. The first-order valence-electron chi connectivity index (χ1n) is 5.04. The molecule has 0 aromatic carbocycles. The first-order valence-corrected chi connectivity index (χ1v) is 6.77. The van der Waals surface area contributed by atoms with Crippen LogP contribution in [-0.4, -0.2) is 36.9 Å². The molecule has 0 saturated heterocycles. The fraction of sp³-hybridized carbons (Fsp3) is 1.00. The molecule has 0 fully saturated rings. The zero-order chi connectivity index (χ0) is 11.9. The normalized spacial score (nSPS) is 12.7. The van der Waals surface area contributed by atoms with Crippen LogP contribution in [0.25, 0.3) is 0 Å². The Bertz CT molecular complexity index is 191. The van der Waals surface area contributed by atoms with Crippen LogP contribution >= 0.6 is 7.60 Å². The Hall–Kier alpha value is 0.0700. The minimum Gasteiger partial charge on any atom is -0.394 e. The molecule has 0 rings (SSSR count). The molecule has 0 spiro atoms. The molecule has 0 aliphatic heterocycles. The van der Waals surface area contributed by atoms with Crippen molar-refractivity contribution in [2.45, 2.75) is 39.9 Å². The predicted molar refractivity (Wildman–Crippen MR) is 58.0 cm³/mol. The summed E-state index contributed by atoms with van der Waals surface area (Å²) >= 11 is 0. The van der Waals surface area contributed by atoms with E-state index in [4.69, 9.17) is 18.9 Å². The van der Waals surface area contributed by atoms with Gasteiger partial charge in [-0.15, -0.1) is 0 Å². The van der Waals surface area contributed by atoms with Crippen molar-refractivity contribution < 1.29 is 23.5 Å². The lowest BCUT2D eigenvalue weighted by molar-refractivity contribution is 0.0811. The summed E-state index contributed by atoms with van der Waals surface area (Å²) in [6.07, 6.45) is -0.496. The molecule has 0 amide bonds. The first kappa shape index (κ1) is 15.1. The number of rotatable bonds is 8. The van der Waals surface area contributed by atoms with Crippen LogP contribution in [0.1, 0.15) is 27.7 Å². The summed E-state index contributed by atoms with van der Waals surface area (Å²) in [4.78, 5) is 0. The van der Waals surface area contributed by atoms with Gasteiger partial charge in [0.05, 0.1) is 25.4 Å². The van der Waals surface area contributed by atoms with E-state index in [2.05, 4.69) is 0 Å². The average Bonchev–Trinajstić information content (AvgIpc) is 2.00. The summed E-state index contributed by atoms with van der Waals surface area (Å²) in [6.45, 7) is 7.14. The smallest absolute Gasteiger partial charge is 0.356 e. The Morgan fingerprint density at radius 3 is 1.93 bits per heavy atom. The summed E-state index contributed by atoms with van der Waals surface area (Å²) in [5.41, 5.74) is 0. The lowest BCUT2D eigenvalue weighted by Gasteiger charge is -2.22. The van der Waals surface area contributed by atoms with E-state index in [9.17, 15) is 4.57 Å². The number of aliphatic hydroxyl groups excluding tert-OH is 1. The van der Waals surface area contributed by atoms with Crippen molar-refractivity contribution in [2.24, 2.45) is 0 Å². The van der Waals surface area contributed by atoms with Crippen LogP contribution in [0.5, 0.6) is 0 Å². The summed E-state index contributed by atoms with van der Waals surface area (Å²) in [5.74, 6) is 0. The fourth-order valence-corrected chi connectivity index (χ4v) is 2.78. The second kappa shape index (κ2) is 7.36. The molecule has 0 radical (unpaired) electrons. The van der Waals surface area contributed by atoms with E-state index in [1.54, 1.807) is 27.7 Å². The molecule has 92 valence electrons. The van der Waals surface area contributed by atoms with Gasteiger partial charge in [0.15, 0.2) is 0 Å². The number of hydrogen-bond acceptors (Lipinski definition) is 5. The Labute approximate surface area is 91.3 Å². The van der Waals surface area contributed by atoms with Crippen LogP contribution in [0.15, 0.2) is 0 Å². The van der Waals surface area contributed by atoms with E-state index in [1.807, 2.05) is 0 Å². The van der Waals surface area contributed by atoms with Crippen LogP contribution in [0.4, 0.5) is 0 Å². The van der Waals surface area contributed by atoms with E-state index >= 15 is 0 Å². The highest BCUT2D eigenvalue weighted by atomic mass is 31.2. The van der Waals surface area contributed by atoms with E-state index in [1.165, 1.54) is 0 Å². The maximum atomic E-state index is 12.1. The topological polar surface area (TPSA) is 65.0 Å². The summed E-state index contributed by atoms with van der Waals surface area (Å²) < 4.78 is 27.5. The van der Waals surface area contributed by atoms with Crippen LogP contribution in [0.2, 0.25) is 0 Å². The summed E-state index contributed by atoms with van der Waals surface area (Å²) in [5, 5.41) is 8.53. The largest absolute Gasteiger partial charge is 0.394 e. The minimum atomic E-state index is -3.19. The van der Waals surface area contributed by atoms with Crippen molar-refractivity contribution in [1.29, 1.82) is 0 Å². The van der Waals surface area contributed by atoms with Gasteiger partial charge in [-0.1, -0.05) is 0 Å². The van der Waals surface area contributed by atoms with E-state index in [-0.39, 0.29) is 31.8 Å². The Balaban J connectivity index is 4.21. The highest BCUT2D eigenvalue weighted by Gasteiger charge is 2.27. The molecular weight excluding hydrogens is 219 g/mol. The maximum absolute atomic E-state index is 12.1. The molecule has 6 heteroatoms. The van der Waals surface area contributed by atoms with Crippen LogP contribution in [-0.2, 0) is 18.3 Å². The molecule has 0 aromatic heterocycles. The Morgan fingerprint density at radius 1 is 1.13 bits per heavy atom. The van der Waals surface area contributed by atoms with Gasteiger partial charge < -0.3 is 18.9 Å². The third-order valence-electron chi connectivity index (χ3n) is 1.23. The molecule has 0 saturated carbocycles. The molecule has 0 aromatic rings. The van der Waals surface area contributed by atoms with Crippen molar-refractivity contribution in [3.8, 4) is 0 Å². The quantitative estimate of drug-likeness (QED) is 0.519. The van der Waals surface area contributed by atoms with Crippen molar-refractivity contribution in [3.05, 3.63) is 0 Å². The van der Waals surface area contributed by atoms with Crippen molar-refractivity contribution in [2.75, 3.05) is 19.6 Å². The van der Waals surface area contributed by atoms with E-state index in [0.29, 0.717) is 0 Å². The maximum Gasteiger partial charge on any atom is 0.356 e. The van der Waals surface area contributed by atoms with Crippen LogP contribution in [0, 0.1) is 0 Å². The molecule has 1 N–H and O–H groups in total. The van der Waals surface area contributed by atoms with Crippen molar-refractivity contribution >= 4 is 7.60 Å². The first-order chi connectivity index (χ1) is 6.89. The molecule has 0 unspecified atom stereocenters. The predicted octanol–water partition coefficient (Wildman–Crippen LogP) is 2.00. The number of ether oxygens (including phenoxy) is 1. The van der Waals surface area contributed by atoms with Crippen molar-refractivity contribution in [1.82, 2.24) is 0 Å². The van der Waals surface area contributed by atoms with Gasteiger partial charge in [-0.2, -0.15) is 0 Å². The van der Waals surface area contributed by atoms with Gasteiger partial charge in [0.1, 0.15) is 6.35 Å². The Kier molecular flexibility index (Phi) is 7.40. The third kappa shape index (κ3) is 7.94. The standard InChI is InChI=1S/C9H21O5P/c1-8(2)13-15(11,14-9(3)4)7-12-6-5-10/h8-10H,5-7H2,1-4H3. The van der Waals surface area contributed by atoms with Crippen LogP contribution < -0.4 is 0 Å². The van der Waals surface area contributed by atoms with E-state index in [0.717, 1.165) is 0 Å². The molecule has 0 bridgehead atoms. The molecule has 0 atom stereocenters. The van der Waals surface area contributed by atoms with Crippen molar-refractivity contribution in [3.63, 3.8) is 0 Å². The molecule has 15 heavy (non-hydrogen) atoms. The number of aliphatic hydroxyl groups is 1. The zero-order valence-electron chi connectivity index (χ0n) is 9.80. The molecule has 0 heterocycles. The second-order valence-corrected chi connectivity index (χ2v) is 5.58. The average molecular weight is 240 g/mol. The van der Waals surface area contributed by atoms with Crippen LogP contribution in [0.3, 0.4) is 0 Å². The number of hydrogen-bond donors (Lipinski definition) is 1. The van der Waals surface area contributed by atoms with Gasteiger partial charge in [0, 0.05) is 0 Å². The minimum absolute atomic E-state index is 0.108. The second-order valence-electron chi connectivity index (χ2n) is 3.68. The molecule has 0 aliphatic carbocycles. The van der Waals surface area contributed by atoms with Gasteiger partial charge in [-0.25, -0.2) is 0 Å².